The van der Waals surface area contributed by atoms with Crippen molar-refractivity contribution in [2.24, 2.45) is 0 Å². The van der Waals surface area contributed by atoms with E-state index in [-0.39, 0.29) is 0 Å². The van der Waals surface area contributed by atoms with E-state index >= 15 is 0 Å². The van der Waals surface area contributed by atoms with Gasteiger partial charge in [0.2, 0.25) is 11.1 Å². The fourth-order valence-electron chi connectivity index (χ4n) is 1.94. The lowest BCUT2D eigenvalue weighted by Gasteiger charge is -2.11. The van der Waals surface area contributed by atoms with Gasteiger partial charge in [0, 0.05) is 11.8 Å². The van der Waals surface area contributed by atoms with Crippen LogP contribution in [-0.2, 0) is 0 Å². The third kappa shape index (κ3) is 2.18. The summed E-state index contributed by atoms with van der Waals surface area (Å²) in [5.74, 6) is -1.39. The van der Waals surface area contributed by atoms with Crippen LogP contribution in [0.3, 0.4) is 0 Å². The Morgan fingerprint density at radius 2 is 2.14 bits per heavy atom. The molecule has 1 aromatic carbocycles. The number of nitrogens with zero attached hydrogens (tertiary/aromatic N) is 4. The molecule has 0 fully saturated rings. The van der Waals surface area contributed by atoms with Crippen LogP contribution in [0.1, 0.15) is 16.2 Å². The monoisotopic (exact) mass is 322 g/mol. The van der Waals surface area contributed by atoms with Crippen LogP contribution in [0.2, 0.25) is 5.02 Å². The molecule has 0 aliphatic rings. The molecule has 0 spiro atoms. The molecule has 2 heterocycles. The Labute approximate surface area is 126 Å². The fraction of sp³-hybridized carbons (Fsp3) is 0.0833. The van der Waals surface area contributed by atoms with Crippen LogP contribution in [0.5, 0.6) is 0 Å². The molecule has 9 heteroatoms. The number of hydrogen-bond acceptors (Lipinski definition) is 6. The summed E-state index contributed by atoms with van der Waals surface area (Å²) in [6.45, 7) is 1.63. The van der Waals surface area contributed by atoms with Crippen LogP contribution in [-0.4, -0.2) is 29.6 Å². The molecule has 1 N–H and O–H groups in total. The van der Waals surface area contributed by atoms with Crippen molar-refractivity contribution in [2.75, 3.05) is 0 Å². The highest BCUT2D eigenvalue weighted by Gasteiger charge is 2.18. The van der Waals surface area contributed by atoms with Crippen molar-refractivity contribution in [2.45, 2.75) is 6.92 Å². The number of hydrogen-bond donors (Lipinski definition) is 1. The number of carboxylic acids is 1. The number of aromatic carboxylic acids is 1. The summed E-state index contributed by atoms with van der Waals surface area (Å²) < 4.78 is 9.56. The Morgan fingerprint density at radius 3 is 2.86 bits per heavy atom. The summed E-state index contributed by atoms with van der Waals surface area (Å²) in [5, 5.41) is 13.3. The van der Waals surface area contributed by atoms with E-state index in [0.717, 1.165) is 11.7 Å². The second-order valence-electron chi connectivity index (χ2n) is 4.24. The molecule has 21 heavy (non-hydrogen) atoms. The molecule has 3 aromatic rings. The van der Waals surface area contributed by atoms with Gasteiger partial charge < -0.3 is 5.11 Å². The van der Waals surface area contributed by atoms with E-state index in [2.05, 4.69) is 13.8 Å². The highest BCUT2D eigenvalue weighted by molar-refractivity contribution is 7.00. The lowest BCUT2D eigenvalue weighted by Crippen LogP contribution is -2.22. The summed E-state index contributed by atoms with van der Waals surface area (Å²) in [6, 6.07) is 4.53. The molecule has 0 atom stereocenters. The van der Waals surface area contributed by atoms with Crippen molar-refractivity contribution in [3.05, 3.63) is 44.8 Å². The van der Waals surface area contributed by atoms with Crippen molar-refractivity contribution < 1.29 is 9.90 Å². The van der Waals surface area contributed by atoms with Crippen molar-refractivity contribution in [1.82, 2.24) is 18.5 Å². The Morgan fingerprint density at radius 1 is 1.38 bits per heavy atom. The van der Waals surface area contributed by atoms with E-state index in [1.807, 2.05) is 0 Å². The summed E-state index contributed by atoms with van der Waals surface area (Å²) in [7, 11) is 0. The highest BCUT2D eigenvalue weighted by Crippen LogP contribution is 2.28. The second kappa shape index (κ2) is 4.90. The zero-order chi connectivity index (χ0) is 15.1. The second-order valence-corrected chi connectivity index (χ2v) is 5.18. The van der Waals surface area contributed by atoms with Crippen molar-refractivity contribution in [3.8, 4) is 5.69 Å². The number of halogens is 1. The molecule has 0 saturated heterocycles. The Kier molecular flexibility index (Phi) is 3.19. The van der Waals surface area contributed by atoms with Gasteiger partial charge in [-0.15, -0.1) is 0 Å². The van der Waals surface area contributed by atoms with Gasteiger partial charge in [-0.25, -0.2) is 9.48 Å². The predicted octanol–water partition coefficient (Wildman–Crippen LogP) is 1.90. The molecule has 0 saturated carbocycles. The largest absolute Gasteiger partial charge is 0.476 e. The van der Waals surface area contributed by atoms with Gasteiger partial charge in [-0.3, -0.25) is 4.79 Å². The SMILES string of the molecule is Cc1cc(=O)c(C(=O)O)nn1-c1c(Cl)ccc2nsnc12. The zero-order valence-electron chi connectivity index (χ0n) is 10.6. The van der Waals surface area contributed by atoms with E-state index in [1.165, 1.54) is 10.7 Å². The summed E-state index contributed by atoms with van der Waals surface area (Å²) in [4.78, 5) is 22.7. The van der Waals surface area contributed by atoms with Gasteiger partial charge in [0.05, 0.1) is 16.8 Å². The van der Waals surface area contributed by atoms with Crippen LogP contribution in [0.25, 0.3) is 16.7 Å². The smallest absolute Gasteiger partial charge is 0.360 e. The average Bonchev–Trinajstić information content (AvgIpc) is 2.88. The minimum atomic E-state index is -1.39. The molecule has 3 rings (SSSR count). The standard InChI is InChI=1S/C12H7ClN4O3S/c1-5-4-8(18)10(12(19)20)14-17(5)11-6(13)2-3-7-9(11)16-21-15-7/h2-4H,1H3,(H,19,20). The van der Waals surface area contributed by atoms with E-state index in [4.69, 9.17) is 16.7 Å². The van der Waals surface area contributed by atoms with Crippen LogP contribution >= 0.6 is 23.3 Å². The van der Waals surface area contributed by atoms with Crippen molar-refractivity contribution >= 4 is 40.3 Å². The maximum absolute atomic E-state index is 11.6. The average molecular weight is 323 g/mol. The molecule has 0 unspecified atom stereocenters. The first-order valence-electron chi connectivity index (χ1n) is 5.74. The fourth-order valence-corrected chi connectivity index (χ4v) is 2.71. The summed E-state index contributed by atoms with van der Waals surface area (Å²) in [5.41, 5.74) is 0.752. The maximum atomic E-state index is 11.6. The van der Waals surface area contributed by atoms with Gasteiger partial charge in [-0.2, -0.15) is 13.8 Å². The zero-order valence-corrected chi connectivity index (χ0v) is 12.1. The lowest BCUT2D eigenvalue weighted by molar-refractivity contribution is 0.0686. The van der Waals surface area contributed by atoms with Crippen LogP contribution < -0.4 is 5.43 Å². The first kappa shape index (κ1) is 13.7. The maximum Gasteiger partial charge on any atom is 0.360 e. The minimum absolute atomic E-state index is 0.339. The lowest BCUT2D eigenvalue weighted by atomic mass is 10.2. The van der Waals surface area contributed by atoms with E-state index in [9.17, 15) is 9.59 Å². The van der Waals surface area contributed by atoms with Crippen LogP contribution in [0.4, 0.5) is 0 Å². The molecule has 7 nitrogen and oxygen atoms in total. The van der Waals surface area contributed by atoms with Gasteiger partial charge >= 0.3 is 5.97 Å². The van der Waals surface area contributed by atoms with E-state index < -0.39 is 17.1 Å². The van der Waals surface area contributed by atoms with Gasteiger partial charge in [-0.1, -0.05) is 11.6 Å². The predicted molar refractivity (Wildman–Crippen MR) is 77.5 cm³/mol. The topological polar surface area (TPSA) is 98.0 Å². The van der Waals surface area contributed by atoms with E-state index in [1.54, 1.807) is 19.1 Å². The summed E-state index contributed by atoms with van der Waals surface area (Å²) in [6.07, 6.45) is 0. The molecule has 0 bridgehead atoms. The first-order chi connectivity index (χ1) is 9.99. The quantitative estimate of drug-likeness (QED) is 0.773. The third-order valence-electron chi connectivity index (χ3n) is 2.87. The number of fused-ring (bicyclic) bond motifs is 1. The highest BCUT2D eigenvalue weighted by atomic mass is 35.5. The van der Waals surface area contributed by atoms with Crippen molar-refractivity contribution in [3.63, 3.8) is 0 Å². The number of carboxylic acid groups (broad SMARTS) is 1. The molecular formula is C12H7ClN4O3S. The number of rotatable bonds is 2. The molecule has 0 radical (unpaired) electrons. The molecule has 0 amide bonds. The van der Waals surface area contributed by atoms with Crippen LogP contribution in [0, 0.1) is 6.92 Å². The van der Waals surface area contributed by atoms with Gasteiger partial charge in [0.15, 0.2) is 0 Å². The van der Waals surface area contributed by atoms with Crippen molar-refractivity contribution in [1.29, 1.82) is 0 Å². The summed E-state index contributed by atoms with van der Waals surface area (Å²) >= 11 is 7.20. The normalized spacial score (nSPS) is 11.0. The van der Waals surface area contributed by atoms with Gasteiger partial charge in [-0.05, 0) is 19.1 Å². The first-order valence-corrected chi connectivity index (χ1v) is 6.85. The Hall–Kier alpha value is -2.32. The number of carbonyl (C=O) groups is 1. The van der Waals surface area contributed by atoms with Gasteiger partial charge in [0.25, 0.3) is 0 Å². The molecule has 0 aliphatic carbocycles. The number of aromatic nitrogens is 4. The molecule has 2 aromatic heterocycles. The molecule has 106 valence electrons. The third-order valence-corrected chi connectivity index (χ3v) is 3.72. The minimum Gasteiger partial charge on any atom is -0.476 e. The number of benzene rings is 1. The molecule has 0 aliphatic heterocycles. The Bertz CT molecular complexity index is 934. The molecular weight excluding hydrogens is 316 g/mol. The van der Waals surface area contributed by atoms with E-state index in [0.29, 0.717) is 27.4 Å². The number of aryl methyl sites for hydroxylation is 1. The van der Waals surface area contributed by atoms with Gasteiger partial charge in [0.1, 0.15) is 16.7 Å². The van der Waals surface area contributed by atoms with Crippen LogP contribution in [0.15, 0.2) is 23.0 Å². The Balaban J connectivity index is 2.40.